The monoisotopic (exact) mass is 245 g/mol. The summed E-state index contributed by atoms with van der Waals surface area (Å²) in [5, 5.41) is 11.8. The third-order valence-corrected chi connectivity index (χ3v) is 2.21. The van der Waals surface area contributed by atoms with Gasteiger partial charge in [0, 0.05) is 11.9 Å². The van der Waals surface area contributed by atoms with Gasteiger partial charge in [0.05, 0.1) is 7.11 Å². The van der Waals surface area contributed by atoms with E-state index in [2.05, 4.69) is 15.3 Å². The quantitative estimate of drug-likeness (QED) is 0.856. The van der Waals surface area contributed by atoms with Gasteiger partial charge in [0.1, 0.15) is 11.6 Å². The molecule has 0 spiro atoms. The lowest BCUT2D eigenvalue weighted by Gasteiger charge is -2.06. The van der Waals surface area contributed by atoms with E-state index in [1.54, 1.807) is 37.4 Å². The van der Waals surface area contributed by atoms with Gasteiger partial charge in [0.15, 0.2) is 0 Å². The molecule has 1 aromatic heterocycles. The van der Waals surface area contributed by atoms with Crippen LogP contribution in [0.15, 0.2) is 36.5 Å². The number of nitrogens with one attached hydrogen (secondary N) is 1. The number of methoxy groups -OCH3 is 1. The van der Waals surface area contributed by atoms with E-state index < -0.39 is 5.97 Å². The van der Waals surface area contributed by atoms with Gasteiger partial charge in [0.2, 0.25) is 5.82 Å². The normalized spacial score (nSPS) is 9.83. The zero-order valence-electron chi connectivity index (χ0n) is 9.62. The van der Waals surface area contributed by atoms with E-state index in [0.29, 0.717) is 5.82 Å². The highest BCUT2D eigenvalue weighted by atomic mass is 16.5. The van der Waals surface area contributed by atoms with Crippen LogP contribution in [-0.2, 0) is 0 Å². The standard InChI is InChI=1S/C12H11N3O3/c1-18-9-4-2-8(3-5-9)14-10-6-7-13-11(15-10)12(16)17/h2-7H,1H3,(H,16,17)(H,13,14,15). The number of carbonyl (C=O) groups is 1. The molecule has 92 valence electrons. The summed E-state index contributed by atoms with van der Waals surface area (Å²) in [6, 6.07) is 8.79. The molecule has 0 aliphatic rings. The lowest BCUT2D eigenvalue weighted by Crippen LogP contribution is -2.05. The summed E-state index contributed by atoms with van der Waals surface area (Å²) < 4.78 is 5.04. The fourth-order valence-corrected chi connectivity index (χ4v) is 1.35. The van der Waals surface area contributed by atoms with E-state index in [4.69, 9.17) is 9.84 Å². The van der Waals surface area contributed by atoms with Crippen molar-refractivity contribution in [2.75, 3.05) is 12.4 Å². The van der Waals surface area contributed by atoms with Gasteiger partial charge < -0.3 is 15.2 Å². The third kappa shape index (κ3) is 2.73. The number of hydrogen-bond acceptors (Lipinski definition) is 5. The smallest absolute Gasteiger partial charge is 0.374 e. The number of anilines is 2. The van der Waals surface area contributed by atoms with Crippen molar-refractivity contribution in [2.45, 2.75) is 0 Å². The molecule has 2 aromatic rings. The van der Waals surface area contributed by atoms with Gasteiger partial charge in [-0.05, 0) is 30.3 Å². The van der Waals surface area contributed by atoms with Crippen molar-refractivity contribution in [1.82, 2.24) is 9.97 Å². The third-order valence-electron chi connectivity index (χ3n) is 2.21. The van der Waals surface area contributed by atoms with Gasteiger partial charge in [-0.25, -0.2) is 14.8 Å². The minimum atomic E-state index is -1.16. The van der Waals surface area contributed by atoms with Crippen LogP contribution in [0.4, 0.5) is 11.5 Å². The highest BCUT2D eigenvalue weighted by Crippen LogP contribution is 2.18. The van der Waals surface area contributed by atoms with Crippen LogP contribution in [0.1, 0.15) is 10.6 Å². The molecule has 0 radical (unpaired) electrons. The van der Waals surface area contributed by atoms with E-state index in [9.17, 15) is 4.79 Å². The fourth-order valence-electron chi connectivity index (χ4n) is 1.35. The van der Waals surface area contributed by atoms with Crippen LogP contribution < -0.4 is 10.1 Å². The molecule has 2 rings (SSSR count). The second kappa shape index (κ2) is 5.13. The van der Waals surface area contributed by atoms with Crippen molar-refractivity contribution in [3.8, 4) is 5.75 Å². The van der Waals surface area contributed by atoms with Crippen molar-refractivity contribution in [2.24, 2.45) is 0 Å². The minimum Gasteiger partial charge on any atom is -0.497 e. The number of carboxylic acids is 1. The van der Waals surface area contributed by atoms with E-state index in [0.717, 1.165) is 11.4 Å². The molecule has 0 aliphatic heterocycles. The largest absolute Gasteiger partial charge is 0.497 e. The number of nitrogens with zero attached hydrogens (tertiary/aromatic N) is 2. The van der Waals surface area contributed by atoms with Crippen LogP contribution in [0.5, 0.6) is 5.75 Å². The maximum Gasteiger partial charge on any atom is 0.374 e. The molecule has 6 heteroatoms. The van der Waals surface area contributed by atoms with Gasteiger partial charge in [-0.15, -0.1) is 0 Å². The van der Waals surface area contributed by atoms with Crippen molar-refractivity contribution in [3.05, 3.63) is 42.4 Å². The number of ether oxygens (including phenoxy) is 1. The summed E-state index contributed by atoms with van der Waals surface area (Å²) in [6.45, 7) is 0. The van der Waals surface area contributed by atoms with Crippen LogP contribution >= 0.6 is 0 Å². The van der Waals surface area contributed by atoms with Crippen molar-refractivity contribution in [1.29, 1.82) is 0 Å². The van der Waals surface area contributed by atoms with Crippen molar-refractivity contribution >= 4 is 17.5 Å². The van der Waals surface area contributed by atoms with Crippen LogP contribution in [0, 0.1) is 0 Å². The average molecular weight is 245 g/mol. The predicted molar refractivity (Wildman–Crippen MR) is 65.3 cm³/mol. The number of carboxylic acid groups (broad SMARTS) is 1. The Bertz CT molecular complexity index is 555. The van der Waals surface area contributed by atoms with E-state index in [1.807, 2.05) is 0 Å². The van der Waals surface area contributed by atoms with Crippen LogP contribution in [0.2, 0.25) is 0 Å². The Morgan fingerprint density at radius 3 is 2.61 bits per heavy atom. The summed E-state index contributed by atoms with van der Waals surface area (Å²) in [6.07, 6.45) is 1.39. The predicted octanol–water partition coefficient (Wildman–Crippen LogP) is 1.93. The molecule has 0 unspecified atom stereocenters. The molecular weight excluding hydrogens is 234 g/mol. The summed E-state index contributed by atoms with van der Waals surface area (Å²) in [5.41, 5.74) is 0.783. The number of hydrogen-bond donors (Lipinski definition) is 2. The fraction of sp³-hybridized carbons (Fsp3) is 0.0833. The summed E-state index contributed by atoms with van der Waals surface area (Å²) in [7, 11) is 1.59. The first-order valence-corrected chi connectivity index (χ1v) is 5.16. The highest BCUT2D eigenvalue weighted by molar-refractivity contribution is 5.83. The van der Waals surface area contributed by atoms with Crippen molar-refractivity contribution < 1.29 is 14.6 Å². The second-order valence-corrected chi connectivity index (χ2v) is 3.42. The summed E-state index contributed by atoms with van der Waals surface area (Å²) in [4.78, 5) is 18.2. The zero-order valence-corrected chi connectivity index (χ0v) is 9.62. The van der Waals surface area contributed by atoms with Gasteiger partial charge in [-0.1, -0.05) is 0 Å². The summed E-state index contributed by atoms with van der Waals surface area (Å²) >= 11 is 0. The Labute approximate surface area is 103 Å². The zero-order chi connectivity index (χ0) is 13.0. The SMILES string of the molecule is COc1ccc(Nc2ccnc(C(=O)O)n2)cc1. The molecule has 0 fully saturated rings. The molecule has 0 saturated carbocycles. The lowest BCUT2D eigenvalue weighted by atomic mass is 10.3. The number of rotatable bonds is 4. The Morgan fingerprint density at radius 1 is 1.28 bits per heavy atom. The molecule has 2 N–H and O–H groups in total. The van der Waals surface area contributed by atoms with Gasteiger partial charge in [-0.3, -0.25) is 0 Å². The maximum atomic E-state index is 10.7. The number of aromatic carboxylic acids is 1. The average Bonchev–Trinajstić information content (AvgIpc) is 2.40. The Morgan fingerprint density at radius 2 is 2.00 bits per heavy atom. The topological polar surface area (TPSA) is 84.3 Å². The van der Waals surface area contributed by atoms with Crippen LogP contribution in [0.3, 0.4) is 0 Å². The van der Waals surface area contributed by atoms with E-state index in [1.165, 1.54) is 6.20 Å². The van der Waals surface area contributed by atoms with E-state index >= 15 is 0 Å². The Kier molecular flexibility index (Phi) is 3.38. The molecule has 1 aromatic carbocycles. The first-order chi connectivity index (χ1) is 8.69. The molecule has 1 heterocycles. The highest BCUT2D eigenvalue weighted by Gasteiger charge is 2.06. The van der Waals surface area contributed by atoms with E-state index in [-0.39, 0.29) is 5.82 Å². The molecule has 0 saturated heterocycles. The van der Waals surface area contributed by atoms with Crippen molar-refractivity contribution in [3.63, 3.8) is 0 Å². The van der Waals surface area contributed by atoms with Gasteiger partial charge >= 0.3 is 5.97 Å². The minimum absolute atomic E-state index is 0.242. The first-order valence-electron chi connectivity index (χ1n) is 5.16. The molecular formula is C12H11N3O3. The van der Waals surface area contributed by atoms with Crippen LogP contribution in [0.25, 0.3) is 0 Å². The Balaban J connectivity index is 2.17. The molecule has 0 amide bonds. The first kappa shape index (κ1) is 11.8. The molecule has 0 bridgehead atoms. The maximum absolute atomic E-state index is 10.7. The number of benzene rings is 1. The van der Waals surface area contributed by atoms with Gasteiger partial charge in [0.25, 0.3) is 0 Å². The van der Waals surface area contributed by atoms with Gasteiger partial charge in [-0.2, -0.15) is 0 Å². The molecule has 0 aliphatic carbocycles. The van der Waals surface area contributed by atoms with Crippen LogP contribution in [-0.4, -0.2) is 28.2 Å². The Hall–Kier alpha value is -2.63. The lowest BCUT2D eigenvalue weighted by molar-refractivity contribution is 0.0683. The molecule has 0 atom stereocenters. The molecule has 18 heavy (non-hydrogen) atoms. The summed E-state index contributed by atoms with van der Waals surface area (Å²) in [5.74, 6) is -0.232. The second-order valence-electron chi connectivity index (χ2n) is 3.42. The number of aromatic nitrogens is 2. The molecule has 6 nitrogen and oxygen atoms in total.